The van der Waals surface area contributed by atoms with Crippen molar-refractivity contribution in [2.45, 2.75) is 31.9 Å². The summed E-state index contributed by atoms with van der Waals surface area (Å²) in [5, 5.41) is 3.98. The average molecular weight is 510 g/mol. The van der Waals surface area contributed by atoms with Gasteiger partial charge in [-0.25, -0.2) is 40.1 Å². The minimum Gasteiger partial charge on any atom is -0.354 e. The van der Waals surface area contributed by atoms with Gasteiger partial charge < -0.3 is 4.52 Å². The molecule has 0 amide bonds. The van der Waals surface area contributed by atoms with Crippen molar-refractivity contribution in [3.8, 4) is 16.9 Å². The van der Waals surface area contributed by atoms with Crippen molar-refractivity contribution < 1.29 is 30.5 Å². The maximum atomic E-state index is 14.8. The molecule has 35 heavy (non-hydrogen) atoms. The topological polar surface area (TPSA) is 99.1 Å². The Balaban J connectivity index is 1.66. The Morgan fingerprint density at radius 2 is 1.86 bits per heavy atom. The minimum atomic E-state index is -3.97. The summed E-state index contributed by atoms with van der Waals surface area (Å²) in [6.07, 6.45) is 0.239. The molecule has 1 aliphatic rings. The lowest BCUT2D eigenvalue weighted by Gasteiger charge is -2.32. The van der Waals surface area contributed by atoms with E-state index < -0.39 is 58.0 Å². The Hall–Kier alpha value is -3.45. The number of alkyl halides is 2. The fraction of sp³-hybridized carbons (Fsp3) is 0.273. The maximum absolute atomic E-state index is 14.8. The fourth-order valence-electron chi connectivity index (χ4n) is 4.22. The fourth-order valence-corrected chi connectivity index (χ4v) is 5.07. The van der Waals surface area contributed by atoms with Gasteiger partial charge in [0.1, 0.15) is 17.7 Å². The summed E-state index contributed by atoms with van der Waals surface area (Å²) in [5.41, 5.74) is -1.02. The van der Waals surface area contributed by atoms with Gasteiger partial charge in [0, 0.05) is 24.0 Å². The maximum Gasteiger partial charge on any atom is 0.334 e. The number of fused-ring (bicyclic) bond motifs is 2. The van der Waals surface area contributed by atoms with Crippen LogP contribution in [0.25, 0.3) is 27.9 Å². The zero-order valence-corrected chi connectivity index (χ0v) is 19.0. The lowest BCUT2D eigenvalue weighted by Crippen LogP contribution is -2.55. The largest absolute Gasteiger partial charge is 0.354 e. The second-order valence-electron chi connectivity index (χ2n) is 8.18. The van der Waals surface area contributed by atoms with E-state index in [-0.39, 0.29) is 33.6 Å². The predicted molar refractivity (Wildman–Crippen MR) is 118 cm³/mol. The molecule has 0 spiro atoms. The number of nitrogens with one attached hydrogen (secondary N) is 1. The summed E-state index contributed by atoms with van der Waals surface area (Å²) in [5.74, 6) is -5.70. The molecule has 0 radical (unpaired) electrons. The van der Waals surface area contributed by atoms with Crippen molar-refractivity contribution in [1.82, 2.24) is 19.0 Å². The second-order valence-corrected chi connectivity index (χ2v) is 10.2. The number of nitrogens with zero attached hydrogens (tertiary/aromatic N) is 3. The van der Waals surface area contributed by atoms with Crippen LogP contribution < -0.4 is 10.4 Å². The van der Waals surface area contributed by atoms with Crippen molar-refractivity contribution in [3.63, 3.8) is 0 Å². The van der Waals surface area contributed by atoms with E-state index in [9.17, 15) is 30.8 Å². The molecular weight excluding hydrogens is 492 g/mol. The standard InChI is InChI=1S/C22H18F4N4O4S/c1-2-35(32,33)28-17-11-29-12(9-22(17,25)26)10-30(21(29)31)20-19-13(5-3-8-16(19)34-27-20)18-14(23)6-4-7-15(18)24/h3-8,10,17,28H,2,9,11H2,1H3/t17-/m1/s1. The first-order valence-corrected chi connectivity index (χ1v) is 12.2. The Morgan fingerprint density at radius 3 is 2.54 bits per heavy atom. The molecule has 0 aliphatic carbocycles. The number of halogens is 4. The van der Waals surface area contributed by atoms with Crippen molar-refractivity contribution in [2.75, 3.05) is 5.75 Å². The lowest BCUT2D eigenvalue weighted by molar-refractivity contribution is -0.0468. The van der Waals surface area contributed by atoms with Crippen LogP contribution in [-0.4, -0.2) is 40.4 Å². The monoisotopic (exact) mass is 510 g/mol. The third kappa shape index (κ3) is 3.84. The molecule has 1 atom stereocenters. The van der Waals surface area contributed by atoms with Gasteiger partial charge in [-0.15, -0.1) is 0 Å². The van der Waals surface area contributed by atoms with Crippen LogP contribution in [0.1, 0.15) is 12.6 Å². The van der Waals surface area contributed by atoms with Gasteiger partial charge in [0.15, 0.2) is 11.4 Å². The van der Waals surface area contributed by atoms with Crippen molar-refractivity contribution in [3.05, 3.63) is 70.4 Å². The van der Waals surface area contributed by atoms with Gasteiger partial charge in [-0.1, -0.05) is 23.4 Å². The SMILES string of the molecule is CCS(=O)(=O)N[C@@H]1Cn2c(cn(-c3noc4cccc(-c5c(F)cccc5F)c34)c2=O)CC1(F)F. The van der Waals surface area contributed by atoms with E-state index in [1.165, 1.54) is 31.2 Å². The van der Waals surface area contributed by atoms with Gasteiger partial charge in [0.2, 0.25) is 10.0 Å². The highest BCUT2D eigenvalue weighted by molar-refractivity contribution is 7.89. The summed E-state index contributed by atoms with van der Waals surface area (Å²) in [6.45, 7) is 0.695. The van der Waals surface area contributed by atoms with E-state index in [4.69, 9.17) is 4.52 Å². The summed E-state index contributed by atoms with van der Waals surface area (Å²) in [7, 11) is -3.97. The van der Waals surface area contributed by atoms with Crippen LogP contribution in [0, 0.1) is 11.6 Å². The van der Waals surface area contributed by atoms with Crippen LogP contribution in [0.5, 0.6) is 0 Å². The highest BCUT2D eigenvalue weighted by atomic mass is 32.2. The number of rotatable bonds is 5. The van der Waals surface area contributed by atoms with E-state index in [2.05, 4.69) is 5.16 Å². The molecule has 13 heteroatoms. The summed E-state index contributed by atoms with van der Waals surface area (Å²) in [4.78, 5) is 13.2. The first-order chi connectivity index (χ1) is 16.5. The average Bonchev–Trinajstić information content (AvgIpc) is 3.35. The minimum absolute atomic E-state index is 0.0577. The van der Waals surface area contributed by atoms with Crippen LogP contribution in [0.4, 0.5) is 17.6 Å². The van der Waals surface area contributed by atoms with Crippen molar-refractivity contribution in [1.29, 1.82) is 0 Å². The van der Waals surface area contributed by atoms with E-state index in [0.717, 1.165) is 27.5 Å². The van der Waals surface area contributed by atoms with Crippen LogP contribution in [-0.2, 0) is 23.0 Å². The molecule has 3 heterocycles. The molecule has 8 nitrogen and oxygen atoms in total. The number of imidazole rings is 1. The van der Waals surface area contributed by atoms with Crippen LogP contribution >= 0.6 is 0 Å². The number of benzene rings is 2. The molecule has 0 fully saturated rings. The van der Waals surface area contributed by atoms with Crippen LogP contribution in [0.3, 0.4) is 0 Å². The number of hydrogen-bond donors (Lipinski definition) is 1. The summed E-state index contributed by atoms with van der Waals surface area (Å²) < 4.78 is 91.6. The van der Waals surface area contributed by atoms with Crippen LogP contribution in [0.2, 0.25) is 0 Å². The molecule has 184 valence electrons. The Labute approximate surface area is 195 Å². The molecule has 5 rings (SSSR count). The number of aromatic nitrogens is 3. The third-order valence-corrected chi connectivity index (χ3v) is 7.40. The first-order valence-electron chi connectivity index (χ1n) is 10.5. The van der Waals surface area contributed by atoms with E-state index in [1.54, 1.807) is 0 Å². The molecule has 0 unspecified atom stereocenters. The van der Waals surface area contributed by atoms with Gasteiger partial charge >= 0.3 is 5.69 Å². The second kappa shape index (κ2) is 8.05. The van der Waals surface area contributed by atoms with E-state index >= 15 is 0 Å². The molecule has 0 bridgehead atoms. The molecular formula is C22H18F4N4O4S. The first kappa shape index (κ1) is 23.3. The quantitative estimate of drug-likeness (QED) is 0.416. The Kier molecular flexibility index (Phi) is 5.36. The molecule has 2 aromatic carbocycles. The number of hydrogen-bond acceptors (Lipinski definition) is 5. The number of sulfonamides is 1. The Bertz CT molecular complexity index is 1600. The Morgan fingerprint density at radius 1 is 1.17 bits per heavy atom. The van der Waals surface area contributed by atoms with Gasteiger partial charge in [-0.05, 0) is 25.1 Å². The van der Waals surface area contributed by atoms with Gasteiger partial charge in [-0.3, -0.25) is 4.57 Å². The zero-order chi connectivity index (χ0) is 25.1. The smallest absolute Gasteiger partial charge is 0.334 e. The molecule has 0 saturated heterocycles. The summed E-state index contributed by atoms with van der Waals surface area (Å²) in [6, 6.07) is 5.94. The predicted octanol–water partition coefficient (Wildman–Crippen LogP) is 3.22. The summed E-state index contributed by atoms with van der Waals surface area (Å²) >= 11 is 0. The molecule has 4 aromatic rings. The highest BCUT2D eigenvalue weighted by Gasteiger charge is 2.46. The van der Waals surface area contributed by atoms with Crippen molar-refractivity contribution >= 4 is 21.0 Å². The highest BCUT2D eigenvalue weighted by Crippen LogP contribution is 2.36. The van der Waals surface area contributed by atoms with E-state index in [0.29, 0.717) is 0 Å². The molecule has 1 aliphatic heterocycles. The third-order valence-electron chi connectivity index (χ3n) is 6.00. The lowest BCUT2D eigenvalue weighted by atomic mass is 10.0. The molecule has 0 saturated carbocycles. The molecule has 1 N–H and O–H groups in total. The zero-order valence-electron chi connectivity index (χ0n) is 18.1. The normalized spacial score (nSPS) is 17.6. The van der Waals surface area contributed by atoms with Crippen molar-refractivity contribution in [2.24, 2.45) is 0 Å². The van der Waals surface area contributed by atoms with Gasteiger partial charge in [0.25, 0.3) is 5.92 Å². The van der Waals surface area contributed by atoms with Crippen LogP contribution in [0.15, 0.2) is 51.9 Å². The van der Waals surface area contributed by atoms with Gasteiger partial charge in [-0.2, -0.15) is 0 Å². The molecule has 2 aromatic heterocycles. The van der Waals surface area contributed by atoms with E-state index in [1.807, 2.05) is 4.72 Å². The van der Waals surface area contributed by atoms with Gasteiger partial charge in [0.05, 0.1) is 23.1 Å².